The first-order valence-corrected chi connectivity index (χ1v) is 16.9. The normalized spacial score (nSPS) is 17.8. The zero-order chi connectivity index (χ0) is 33.6. The Kier molecular flexibility index (Phi) is 10.4. The van der Waals surface area contributed by atoms with E-state index in [9.17, 15) is 9.59 Å². The minimum Gasteiger partial charge on any atom is -0.383 e. The van der Waals surface area contributed by atoms with Gasteiger partial charge in [0.25, 0.3) is 5.91 Å². The van der Waals surface area contributed by atoms with Crippen molar-refractivity contribution in [1.82, 2.24) is 34.4 Å². The lowest BCUT2D eigenvalue weighted by Gasteiger charge is -2.34. The van der Waals surface area contributed by atoms with Gasteiger partial charge in [0.15, 0.2) is 5.65 Å². The molecule has 0 radical (unpaired) electrons. The summed E-state index contributed by atoms with van der Waals surface area (Å²) >= 11 is 0. The highest BCUT2D eigenvalue weighted by atomic mass is 16.2. The molecule has 6 rings (SSSR count). The number of benzene rings is 2. The molecule has 0 bridgehead atoms. The Labute approximate surface area is 281 Å². The van der Waals surface area contributed by atoms with Crippen LogP contribution in [0.5, 0.6) is 0 Å². The monoisotopic (exact) mass is 650 g/mol. The van der Waals surface area contributed by atoms with Gasteiger partial charge in [-0.2, -0.15) is 5.10 Å². The Morgan fingerprint density at radius 2 is 1.79 bits per heavy atom. The first kappa shape index (κ1) is 33.3. The number of piperidine rings is 1. The van der Waals surface area contributed by atoms with E-state index in [4.69, 9.17) is 16.6 Å². The summed E-state index contributed by atoms with van der Waals surface area (Å²) in [4.78, 5) is 42.0. The van der Waals surface area contributed by atoms with E-state index in [1.807, 2.05) is 58.1 Å². The number of amides is 2. The number of piperazine rings is 1. The Morgan fingerprint density at radius 3 is 2.54 bits per heavy atom. The fourth-order valence-electron chi connectivity index (χ4n) is 6.56. The first-order chi connectivity index (χ1) is 23.3. The number of rotatable bonds is 10. The Morgan fingerprint density at radius 1 is 1.02 bits per heavy atom. The van der Waals surface area contributed by atoms with Gasteiger partial charge in [0.05, 0.1) is 11.4 Å². The van der Waals surface area contributed by atoms with E-state index in [0.29, 0.717) is 53.7 Å². The number of carbonyl (C=O) groups excluding carboxylic acids is 2. The molecule has 4 heterocycles. The van der Waals surface area contributed by atoms with E-state index in [-0.39, 0.29) is 17.9 Å². The molecule has 0 saturated carbocycles. The second-order valence-electron chi connectivity index (χ2n) is 13.0. The second-order valence-corrected chi connectivity index (χ2v) is 13.0. The van der Waals surface area contributed by atoms with Crippen molar-refractivity contribution in [3.8, 4) is 11.3 Å². The second kappa shape index (κ2) is 15.1. The fourth-order valence-corrected chi connectivity index (χ4v) is 6.56. The van der Waals surface area contributed by atoms with Crippen LogP contribution in [0.4, 0.5) is 11.5 Å². The van der Waals surface area contributed by atoms with Crippen LogP contribution in [-0.4, -0.2) is 105 Å². The fraction of sp³-hybridized carbons (Fsp3) is 0.417. The molecule has 2 amide bonds. The number of nitrogens with zero attached hydrogens (tertiary/aromatic N) is 7. The summed E-state index contributed by atoms with van der Waals surface area (Å²) in [5, 5.41) is 8.65. The van der Waals surface area contributed by atoms with Crippen molar-refractivity contribution in [3.05, 3.63) is 78.1 Å². The van der Waals surface area contributed by atoms with Crippen molar-refractivity contribution in [1.29, 1.82) is 0 Å². The predicted octanol–water partition coefficient (Wildman–Crippen LogP) is 3.75. The number of nitrogens with two attached hydrogens (primary N) is 2. The maximum Gasteiger partial charge on any atom is 0.255 e. The van der Waals surface area contributed by atoms with Gasteiger partial charge in [0.2, 0.25) is 5.91 Å². The van der Waals surface area contributed by atoms with Crippen LogP contribution in [0.2, 0.25) is 0 Å². The van der Waals surface area contributed by atoms with Crippen LogP contribution in [-0.2, 0) is 4.79 Å². The first-order valence-electron chi connectivity index (χ1n) is 16.9. The van der Waals surface area contributed by atoms with E-state index in [1.54, 1.807) is 12.1 Å². The number of hydrogen-bond donors (Lipinski definition) is 3. The molecule has 1 atom stereocenters. The number of nitrogens with one attached hydrogen (secondary N) is 1. The van der Waals surface area contributed by atoms with Gasteiger partial charge in [-0.3, -0.25) is 19.4 Å². The lowest BCUT2D eigenvalue weighted by molar-refractivity contribution is -0.127. The van der Waals surface area contributed by atoms with Gasteiger partial charge in [0, 0.05) is 81.8 Å². The molecular weight excluding hydrogens is 604 g/mol. The van der Waals surface area contributed by atoms with Crippen molar-refractivity contribution in [3.63, 3.8) is 0 Å². The smallest absolute Gasteiger partial charge is 0.255 e. The van der Waals surface area contributed by atoms with Gasteiger partial charge in [-0.05, 0) is 48.6 Å². The highest BCUT2D eigenvalue weighted by molar-refractivity contribution is 6.06. The van der Waals surface area contributed by atoms with Crippen LogP contribution in [0.3, 0.4) is 0 Å². The molecule has 0 spiro atoms. The van der Waals surface area contributed by atoms with Crippen LogP contribution in [0, 0.1) is 0 Å². The third-order valence-electron chi connectivity index (χ3n) is 9.34. The standard InChI is InChI=1S/C36H46N10O2/c1-25(2)26-10-12-29(13-11-26)41-36(48)28-7-3-6-27(22-28)33-32-34(38)39-24-40-35(32)46(42-33)30-8-4-16-45(23-30)31(47)9-5-15-43-18-20-44(17-14-37)21-19-43/h3,5-7,9-13,22,24-25,30H,4,8,14-21,23,37H2,1-2H3,(H,41,48)(H2,38,39,40)/b9-5+/t30-/m1/s1. The summed E-state index contributed by atoms with van der Waals surface area (Å²) in [5.74, 6) is 0.516. The number of nitrogen functional groups attached to an aromatic ring is 1. The number of likely N-dealkylation sites (tertiary alicyclic amines) is 1. The average molecular weight is 651 g/mol. The molecule has 2 saturated heterocycles. The van der Waals surface area contributed by atoms with Gasteiger partial charge in [-0.25, -0.2) is 14.6 Å². The Hall–Kier alpha value is -4.65. The van der Waals surface area contributed by atoms with Crippen LogP contribution >= 0.6 is 0 Å². The SMILES string of the molecule is CC(C)c1ccc(NC(=O)c2cccc(-c3nn([C@@H]4CCCN(C(=O)/C=C/CN5CCN(CCN)CC5)C4)c4ncnc(N)c34)c2)cc1. The number of anilines is 2. The van der Waals surface area contributed by atoms with E-state index in [2.05, 4.69) is 38.9 Å². The highest BCUT2D eigenvalue weighted by Gasteiger charge is 2.28. The van der Waals surface area contributed by atoms with Crippen molar-refractivity contribution in [2.24, 2.45) is 5.73 Å². The number of fused-ring (bicyclic) bond motifs is 1. The molecule has 12 heteroatoms. The van der Waals surface area contributed by atoms with Gasteiger partial charge < -0.3 is 21.7 Å². The minimum absolute atomic E-state index is 0.00449. The predicted molar refractivity (Wildman–Crippen MR) is 190 cm³/mol. The average Bonchev–Trinajstić information content (AvgIpc) is 3.51. The summed E-state index contributed by atoms with van der Waals surface area (Å²) in [6.45, 7) is 11.8. The van der Waals surface area contributed by atoms with Crippen molar-refractivity contribution in [2.45, 2.75) is 38.6 Å². The molecule has 5 N–H and O–H groups in total. The van der Waals surface area contributed by atoms with Crippen LogP contribution in [0.15, 0.2) is 67.0 Å². The lowest BCUT2D eigenvalue weighted by Crippen LogP contribution is -2.47. The summed E-state index contributed by atoms with van der Waals surface area (Å²) in [7, 11) is 0. The Bertz CT molecular complexity index is 1760. The van der Waals surface area contributed by atoms with E-state index in [1.165, 1.54) is 11.9 Å². The topological polar surface area (TPSA) is 152 Å². The molecule has 0 aliphatic carbocycles. The summed E-state index contributed by atoms with van der Waals surface area (Å²) in [6.07, 6.45) is 6.82. The zero-order valence-corrected chi connectivity index (χ0v) is 27.9. The van der Waals surface area contributed by atoms with E-state index < -0.39 is 0 Å². The molecule has 2 aromatic heterocycles. The third kappa shape index (κ3) is 7.56. The van der Waals surface area contributed by atoms with Crippen LogP contribution < -0.4 is 16.8 Å². The molecule has 0 unspecified atom stereocenters. The lowest BCUT2D eigenvalue weighted by atomic mass is 10.0. The van der Waals surface area contributed by atoms with Crippen LogP contribution in [0.25, 0.3) is 22.3 Å². The van der Waals surface area contributed by atoms with Crippen molar-refractivity contribution < 1.29 is 9.59 Å². The summed E-state index contributed by atoms with van der Waals surface area (Å²) in [6, 6.07) is 15.2. The highest BCUT2D eigenvalue weighted by Crippen LogP contribution is 2.34. The summed E-state index contributed by atoms with van der Waals surface area (Å²) < 4.78 is 1.88. The molecule has 2 aliphatic heterocycles. The van der Waals surface area contributed by atoms with Gasteiger partial charge in [-0.15, -0.1) is 0 Å². The molecule has 48 heavy (non-hydrogen) atoms. The summed E-state index contributed by atoms with van der Waals surface area (Å²) in [5.41, 5.74) is 16.5. The number of carbonyl (C=O) groups is 2. The zero-order valence-electron chi connectivity index (χ0n) is 27.9. The van der Waals surface area contributed by atoms with Gasteiger partial charge in [0.1, 0.15) is 17.8 Å². The molecule has 12 nitrogen and oxygen atoms in total. The molecule has 252 valence electrons. The molecule has 2 fully saturated rings. The quantitative estimate of drug-likeness (QED) is 0.218. The molecule has 2 aliphatic rings. The third-order valence-corrected chi connectivity index (χ3v) is 9.34. The largest absolute Gasteiger partial charge is 0.383 e. The van der Waals surface area contributed by atoms with E-state index >= 15 is 0 Å². The maximum absolute atomic E-state index is 13.3. The number of aromatic nitrogens is 4. The van der Waals surface area contributed by atoms with Gasteiger partial charge >= 0.3 is 0 Å². The van der Waals surface area contributed by atoms with E-state index in [0.717, 1.165) is 63.4 Å². The van der Waals surface area contributed by atoms with Crippen LogP contribution in [0.1, 0.15) is 54.6 Å². The minimum atomic E-state index is -0.217. The number of hydrogen-bond acceptors (Lipinski definition) is 9. The molecular formula is C36H46N10O2. The van der Waals surface area contributed by atoms with Crippen molar-refractivity contribution in [2.75, 3.05) is 70.0 Å². The molecule has 2 aromatic carbocycles. The molecule has 4 aromatic rings. The van der Waals surface area contributed by atoms with Gasteiger partial charge in [-0.1, -0.05) is 44.2 Å². The van der Waals surface area contributed by atoms with Crippen molar-refractivity contribution >= 4 is 34.4 Å². The maximum atomic E-state index is 13.3. The Balaban J connectivity index is 1.17.